The fourth-order valence-corrected chi connectivity index (χ4v) is 1.68. The van der Waals surface area contributed by atoms with Crippen molar-refractivity contribution < 1.29 is 22.7 Å². The number of nitrogen functional groups attached to an aromatic ring is 2. The molecule has 2 aromatic carbocycles. The maximum atomic E-state index is 12.7. The molecule has 0 aliphatic carbocycles. The van der Waals surface area contributed by atoms with E-state index in [9.17, 15) is 18.0 Å². The zero-order valence-electron chi connectivity index (χ0n) is 10.6. The Labute approximate surface area is 118 Å². The van der Waals surface area contributed by atoms with E-state index in [1.54, 1.807) is 6.07 Å². The van der Waals surface area contributed by atoms with Gasteiger partial charge in [0, 0.05) is 11.4 Å². The summed E-state index contributed by atoms with van der Waals surface area (Å²) in [4.78, 5) is 11.8. The van der Waals surface area contributed by atoms with Crippen LogP contribution in [0.5, 0.6) is 5.75 Å². The van der Waals surface area contributed by atoms with Crippen molar-refractivity contribution >= 4 is 17.3 Å². The van der Waals surface area contributed by atoms with Crippen molar-refractivity contribution in [2.75, 3.05) is 11.5 Å². The van der Waals surface area contributed by atoms with E-state index < -0.39 is 23.4 Å². The van der Waals surface area contributed by atoms with E-state index in [1.165, 1.54) is 24.3 Å². The molecule has 0 unspecified atom stereocenters. The molecule has 0 atom stereocenters. The van der Waals surface area contributed by atoms with Crippen LogP contribution >= 0.6 is 0 Å². The van der Waals surface area contributed by atoms with E-state index in [4.69, 9.17) is 16.2 Å². The predicted molar refractivity (Wildman–Crippen MR) is 71.7 cm³/mol. The van der Waals surface area contributed by atoms with Crippen molar-refractivity contribution in [3.05, 3.63) is 53.6 Å². The Bertz CT molecular complexity index is 684. The molecule has 0 bridgehead atoms. The van der Waals surface area contributed by atoms with Gasteiger partial charge in [0.05, 0.1) is 11.1 Å². The highest BCUT2D eigenvalue weighted by Crippen LogP contribution is 2.35. The first-order valence-electron chi connectivity index (χ1n) is 5.82. The number of hydrogen-bond acceptors (Lipinski definition) is 4. The number of anilines is 2. The second kappa shape index (κ2) is 5.35. The van der Waals surface area contributed by atoms with Crippen LogP contribution in [-0.2, 0) is 6.18 Å². The second-order valence-electron chi connectivity index (χ2n) is 4.26. The van der Waals surface area contributed by atoms with Gasteiger partial charge in [-0.05, 0) is 36.4 Å². The largest absolute Gasteiger partial charge is 0.423 e. The Balaban J connectivity index is 2.26. The molecule has 0 saturated heterocycles. The summed E-state index contributed by atoms with van der Waals surface area (Å²) < 4.78 is 43.0. The zero-order valence-corrected chi connectivity index (χ0v) is 10.6. The molecule has 0 amide bonds. The Morgan fingerprint density at radius 1 is 1.05 bits per heavy atom. The van der Waals surface area contributed by atoms with Gasteiger partial charge in [-0.1, -0.05) is 6.07 Å². The monoisotopic (exact) mass is 296 g/mol. The summed E-state index contributed by atoms with van der Waals surface area (Å²) in [6.45, 7) is 0. The van der Waals surface area contributed by atoms with Gasteiger partial charge in [-0.15, -0.1) is 0 Å². The smallest absolute Gasteiger partial charge is 0.418 e. The fourth-order valence-electron chi connectivity index (χ4n) is 1.68. The molecule has 0 fully saturated rings. The third kappa shape index (κ3) is 3.44. The Morgan fingerprint density at radius 2 is 1.76 bits per heavy atom. The topological polar surface area (TPSA) is 78.3 Å². The molecule has 0 radical (unpaired) electrons. The molecule has 0 aliphatic rings. The minimum atomic E-state index is -4.62. The lowest BCUT2D eigenvalue weighted by molar-refractivity contribution is -0.137. The van der Waals surface area contributed by atoms with Crippen LogP contribution in [0.2, 0.25) is 0 Å². The van der Waals surface area contributed by atoms with Crippen LogP contribution in [0.4, 0.5) is 24.5 Å². The summed E-state index contributed by atoms with van der Waals surface area (Å²) in [5.41, 5.74) is 9.77. The van der Waals surface area contributed by atoms with Gasteiger partial charge in [0.1, 0.15) is 5.75 Å². The molecule has 0 spiro atoms. The van der Waals surface area contributed by atoms with Crippen molar-refractivity contribution in [1.82, 2.24) is 0 Å². The van der Waals surface area contributed by atoms with Crippen LogP contribution in [0, 0.1) is 0 Å². The summed E-state index contributed by atoms with van der Waals surface area (Å²) in [5, 5.41) is 0. The average molecular weight is 296 g/mol. The SMILES string of the molecule is Nc1cccc(C(=O)Oc2ccc(N)c(C(F)(F)F)c2)c1. The molecule has 0 heterocycles. The van der Waals surface area contributed by atoms with Gasteiger partial charge in [-0.2, -0.15) is 13.2 Å². The number of ether oxygens (including phenoxy) is 1. The highest BCUT2D eigenvalue weighted by Gasteiger charge is 2.33. The lowest BCUT2D eigenvalue weighted by Crippen LogP contribution is -2.12. The van der Waals surface area contributed by atoms with E-state index in [0.29, 0.717) is 11.8 Å². The number of carbonyl (C=O) groups excluding carboxylic acids is 1. The molecule has 0 aliphatic heterocycles. The van der Waals surface area contributed by atoms with Crippen LogP contribution in [0.3, 0.4) is 0 Å². The van der Waals surface area contributed by atoms with E-state index in [0.717, 1.165) is 6.07 Å². The van der Waals surface area contributed by atoms with Crippen molar-refractivity contribution in [2.45, 2.75) is 6.18 Å². The van der Waals surface area contributed by atoms with E-state index in [1.807, 2.05) is 0 Å². The third-order valence-corrected chi connectivity index (χ3v) is 2.66. The third-order valence-electron chi connectivity index (χ3n) is 2.66. The van der Waals surface area contributed by atoms with Crippen LogP contribution in [0.1, 0.15) is 15.9 Å². The summed E-state index contributed by atoms with van der Waals surface area (Å²) in [6.07, 6.45) is -4.62. The van der Waals surface area contributed by atoms with E-state index in [2.05, 4.69) is 0 Å². The van der Waals surface area contributed by atoms with E-state index in [-0.39, 0.29) is 11.3 Å². The predicted octanol–water partition coefficient (Wildman–Crippen LogP) is 3.09. The maximum absolute atomic E-state index is 12.7. The highest BCUT2D eigenvalue weighted by atomic mass is 19.4. The maximum Gasteiger partial charge on any atom is 0.418 e. The fraction of sp³-hybridized carbons (Fsp3) is 0.0714. The van der Waals surface area contributed by atoms with Gasteiger partial charge in [0.25, 0.3) is 0 Å². The summed E-state index contributed by atoms with van der Waals surface area (Å²) >= 11 is 0. The van der Waals surface area contributed by atoms with Gasteiger partial charge in [-0.3, -0.25) is 0 Å². The quantitative estimate of drug-likeness (QED) is 0.507. The van der Waals surface area contributed by atoms with E-state index >= 15 is 0 Å². The van der Waals surface area contributed by atoms with Crippen molar-refractivity contribution in [2.24, 2.45) is 0 Å². The lowest BCUT2D eigenvalue weighted by Gasteiger charge is -2.12. The molecular weight excluding hydrogens is 285 g/mol. The zero-order chi connectivity index (χ0) is 15.6. The number of carbonyl (C=O) groups is 1. The Hall–Kier alpha value is -2.70. The lowest BCUT2D eigenvalue weighted by atomic mass is 10.1. The number of alkyl halides is 3. The van der Waals surface area contributed by atoms with Crippen LogP contribution in [0.25, 0.3) is 0 Å². The van der Waals surface area contributed by atoms with Crippen LogP contribution in [-0.4, -0.2) is 5.97 Å². The summed E-state index contributed by atoms with van der Waals surface area (Å²) in [7, 11) is 0. The normalized spacial score (nSPS) is 11.2. The number of nitrogens with two attached hydrogens (primary N) is 2. The van der Waals surface area contributed by atoms with Gasteiger partial charge in [0.2, 0.25) is 0 Å². The summed E-state index contributed by atoms with van der Waals surface area (Å²) in [5.74, 6) is -1.05. The average Bonchev–Trinajstić information content (AvgIpc) is 2.39. The Kier molecular flexibility index (Phi) is 3.75. The molecule has 4 N–H and O–H groups in total. The molecule has 0 aromatic heterocycles. The molecule has 4 nitrogen and oxygen atoms in total. The standard InChI is InChI=1S/C14H11F3N2O2/c15-14(16,17)11-7-10(4-5-12(11)19)21-13(20)8-2-1-3-9(18)6-8/h1-7H,18-19H2. The molecular formula is C14H11F3N2O2. The van der Waals surface area contributed by atoms with Crippen molar-refractivity contribution in [3.63, 3.8) is 0 Å². The van der Waals surface area contributed by atoms with Gasteiger partial charge < -0.3 is 16.2 Å². The van der Waals surface area contributed by atoms with Gasteiger partial charge in [-0.25, -0.2) is 4.79 Å². The molecule has 7 heteroatoms. The number of benzene rings is 2. The minimum absolute atomic E-state index is 0.139. The van der Waals surface area contributed by atoms with Crippen LogP contribution < -0.4 is 16.2 Å². The number of rotatable bonds is 2. The molecule has 21 heavy (non-hydrogen) atoms. The molecule has 2 rings (SSSR count). The first-order chi connectivity index (χ1) is 9.77. The number of hydrogen-bond donors (Lipinski definition) is 2. The van der Waals surface area contributed by atoms with Gasteiger partial charge in [0.15, 0.2) is 0 Å². The highest BCUT2D eigenvalue weighted by molar-refractivity contribution is 5.92. The second-order valence-corrected chi connectivity index (χ2v) is 4.26. The molecule has 2 aromatic rings. The minimum Gasteiger partial charge on any atom is -0.423 e. The first-order valence-corrected chi connectivity index (χ1v) is 5.82. The summed E-state index contributed by atoms with van der Waals surface area (Å²) in [6, 6.07) is 8.82. The number of halogens is 3. The molecule has 110 valence electrons. The van der Waals surface area contributed by atoms with Gasteiger partial charge >= 0.3 is 12.1 Å². The first kappa shape index (κ1) is 14.7. The number of esters is 1. The Morgan fingerprint density at radius 3 is 2.38 bits per heavy atom. The molecule has 0 saturated carbocycles. The van der Waals surface area contributed by atoms with Crippen molar-refractivity contribution in [1.29, 1.82) is 0 Å². The van der Waals surface area contributed by atoms with Crippen molar-refractivity contribution in [3.8, 4) is 5.75 Å². The van der Waals surface area contributed by atoms with Crippen LogP contribution in [0.15, 0.2) is 42.5 Å².